The van der Waals surface area contributed by atoms with E-state index in [0.29, 0.717) is 22.6 Å². The van der Waals surface area contributed by atoms with Gasteiger partial charge in [-0.3, -0.25) is 0 Å². The predicted octanol–water partition coefficient (Wildman–Crippen LogP) is 8.54. The molecule has 0 fully saturated rings. The van der Waals surface area contributed by atoms with Crippen LogP contribution in [0.5, 0.6) is 23.0 Å². The number of carbonyl (C=O) groups is 2. The van der Waals surface area contributed by atoms with Gasteiger partial charge in [-0.25, -0.2) is 9.59 Å². The van der Waals surface area contributed by atoms with E-state index in [1.807, 2.05) is 72.8 Å². The van der Waals surface area contributed by atoms with Crippen LogP contribution >= 0.6 is 0 Å². The zero-order valence-electron chi connectivity index (χ0n) is 23.4. The van der Waals surface area contributed by atoms with E-state index >= 15 is 0 Å². The fraction of sp³-hybridized carbons (Fsp3) is 0. The Labute approximate surface area is 254 Å². The molecular formula is C38H26O6. The molecule has 0 heterocycles. The molecule has 0 saturated heterocycles. The summed E-state index contributed by atoms with van der Waals surface area (Å²) in [6.45, 7) is 0. The van der Waals surface area contributed by atoms with Crippen LogP contribution in [0.4, 0.5) is 0 Å². The van der Waals surface area contributed by atoms with Crippen molar-refractivity contribution in [3.8, 4) is 56.4 Å². The maximum atomic E-state index is 12.7. The fourth-order valence-electron chi connectivity index (χ4n) is 4.67. The molecule has 0 aliphatic rings. The largest absolute Gasteiger partial charge is 0.508 e. The molecule has 0 aliphatic carbocycles. The van der Waals surface area contributed by atoms with Crippen LogP contribution in [0.1, 0.15) is 20.7 Å². The second-order valence-electron chi connectivity index (χ2n) is 10.1. The normalized spacial score (nSPS) is 10.6. The minimum atomic E-state index is -0.465. The Balaban J connectivity index is 1.05. The summed E-state index contributed by atoms with van der Waals surface area (Å²) < 4.78 is 11.1. The van der Waals surface area contributed by atoms with Gasteiger partial charge in [0.2, 0.25) is 0 Å². The molecule has 0 atom stereocenters. The second kappa shape index (κ2) is 12.4. The van der Waals surface area contributed by atoms with Gasteiger partial charge >= 0.3 is 11.9 Å². The Morgan fingerprint density at radius 1 is 0.341 bits per heavy atom. The number of esters is 2. The first kappa shape index (κ1) is 28.0. The van der Waals surface area contributed by atoms with E-state index in [2.05, 4.69) is 0 Å². The first-order valence-electron chi connectivity index (χ1n) is 13.9. The summed E-state index contributed by atoms with van der Waals surface area (Å²) in [6.07, 6.45) is 0. The van der Waals surface area contributed by atoms with E-state index in [4.69, 9.17) is 9.47 Å². The molecule has 2 N–H and O–H groups in total. The molecule has 6 aromatic rings. The Kier molecular flexibility index (Phi) is 7.88. The van der Waals surface area contributed by atoms with Gasteiger partial charge in [-0.2, -0.15) is 0 Å². The van der Waals surface area contributed by atoms with Gasteiger partial charge < -0.3 is 19.7 Å². The lowest BCUT2D eigenvalue weighted by Crippen LogP contribution is -2.08. The summed E-state index contributed by atoms with van der Waals surface area (Å²) in [5.74, 6) is 0.316. The van der Waals surface area contributed by atoms with Crippen LogP contribution in [0, 0.1) is 0 Å². The molecule has 6 aromatic carbocycles. The highest BCUT2D eigenvalue weighted by atomic mass is 16.5. The molecule has 0 aliphatic heterocycles. The third kappa shape index (κ3) is 6.50. The molecule has 0 radical (unpaired) electrons. The summed E-state index contributed by atoms with van der Waals surface area (Å²) in [6, 6.07) is 42.2. The summed E-state index contributed by atoms with van der Waals surface area (Å²) in [7, 11) is 0. The number of phenolic OH excluding ortho intramolecular Hbond substituents is 2. The maximum absolute atomic E-state index is 12.7. The first-order chi connectivity index (χ1) is 21.4. The van der Waals surface area contributed by atoms with Crippen LogP contribution < -0.4 is 9.47 Å². The quantitative estimate of drug-likeness (QED) is 0.146. The van der Waals surface area contributed by atoms with Crippen molar-refractivity contribution in [2.45, 2.75) is 0 Å². The van der Waals surface area contributed by atoms with Crippen LogP contribution in [0.25, 0.3) is 33.4 Å². The smallest absolute Gasteiger partial charge is 0.343 e. The van der Waals surface area contributed by atoms with E-state index < -0.39 is 11.9 Å². The molecule has 0 spiro atoms. The minimum Gasteiger partial charge on any atom is -0.508 e. The van der Waals surface area contributed by atoms with Crippen LogP contribution in [0.2, 0.25) is 0 Å². The molecule has 0 aromatic heterocycles. The maximum Gasteiger partial charge on any atom is 0.343 e. The third-order valence-corrected chi connectivity index (χ3v) is 7.11. The Morgan fingerprint density at radius 2 is 0.568 bits per heavy atom. The van der Waals surface area contributed by atoms with Gasteiger partial charge in [0.25, 0.3) is 0 Å². The van der Waals surface area contributed by atoms with Gasteiger partial charge in [0, 0.05) is 0 Å². The number of hydrogen-bond acceptors (Lipinski definition) is 6. The van der Waals surface area contributed by atoms with Gasteiger partial charge in [-0.15, -0.1) is 0 Å². The first-order valence-corrected chi connectivity index (χ1v) is 13.9. The molecule has 6 rings (SSSR count). The zero-order valence-corrected chi connectivity index (χ0v) is 23.4. The number of phenols is 2. The van der Waals surface area contributed by atoms with Crippen molar-refractivity contribution in [1.29, 1.82) is 0 Å². The number of aromatic hydroxyl groups is 2. The number of rotatable bonds is 7. The second-order valence-corrected chi connectivity index (χ2v) is 10.1. The van der Waals surface area contributed by atoms with E-state index in [1.54, 1.807) is 72.8 Å². The van der Waals surface area contributed by atoms with E-state index in [9.17, 15) is 19.8 Å². The van der Waals surface area contributed by atoms with E-state index in [-0.39, 0.29) is 11.5 Å². The molecule has 214 valence electrons. The number of carbonyl (C=O) groups excluding carboxylic acids is 2. The van der Waals surface area contributed by atoms with Crippen molar-refractivity contribution in [2.75, 3.05) is 0 Å². The van der Waals surface area contributed by atoms with Crippen molar-refractivity contribution in [3.63, 3.8) is 0 Å². The molecule has 6 heteroatoms. The molecule has 0 bridgehead atoms. The Hall–Kier alpha value is -6.14. The van der Waals surface area contributed by atoms with Crippen LogP contribution in [0.15, 0.2) is 146 Å². The monoisotopic (exact) mass is 578 g/mol. The standard InChI is InChI=1S/C38H26O6/c39-33-17-9-27(10-18-33)25-1-5-31(6-2-25)37(41)43-35-21-13-29(14-22-35)26-3-7-32(8-4-26)38(42)44-36-23-15-30(16-24-36)28-11-19-34(40)20-12-28/h1-24,39-40H. The lowest BCUT2D eigenvalue weighted by Gasteiger charge is -2.08. The van der Waals surface area contributed by atoms with Crippen molar-refractivity contribution in [1.82, 2.24) is 0 Å². The number of hydrogen-bond donors (Lipinski definition) is 2. The average Bonchev–Trinajstić information content (AvgIpc) is 3.06. The fourth-order valence-corrected chi connectivity index (χ4v) is 4.67. The molecule has 0 unspecified atom stereocenters. The summed E-state index contributed by atoms with van der Waals surface area (Å²) >= 11 is 0. The van der Waals surface area contributed by atoms with Crippen LogP contribution in [0.3, 0.4) is 0 Å². The van der Waals surface area contributed by atoms with Gasteiger partial charge in [-0.05, 0) is 106 Å². The number of ether oxygens (including phenoxy) is 2. The van der Waals surface area contributed by atoms with Crippen molar-refractivity contribution >= 4 is 11.9 Å². The van der Waals surface area contributed by atoms with Crippen molar-refractivity contribution in [2.24, 2.45) is 0 Å². The zero-order chi connectivity index (χ0) is 30.5. The molecule has 0 saturated carbocycles. The predicted molar refractivity (Wildman–Crippen MR) is 169 cm³/mol. The highest BCUT2D eigenvalue weighted by Crippen LogP contribution is 2.27. The van der Waals surface area contributed by atoms with Gasteiger partial charge in [0.05, 0.1) is 11.1 Å². The third-order valence-electron chi connectivity index (χ3n) is 7.11. The van der Waals surface area contributed by atoms with Gasteiger partial charge in [0.15, 0.2) is 0 Å². The van der Waals surface area contributed by atoms with Crippen molar-refractivity contribution < 1.29 is 29.3 Å². The summed E-state index contributed by atoms with van der Waals surface area (Å²) in [5.41, 5.74) is 6.36. The Morgan fingerprint density at radius 3 is 0.841 bits per heavy atom. The lowest BCUT2D eigenvalue weighted by molar-refractivity contribution is 0.0725. The Bertz CT molecular complexity index is 1890. The molecule has 6 nitrogen and oxygen atoms in total. The topological polar surface area (TPSA) is 93.1 Å². The van der Waals surface area contributed by atoms with Gasteiger partial charge in [-0.1, -0.05) is 72.8 Å². The van der Waals surface area contributed by atoms with E-state index in [1.165, 1.54) is 0 Å². The van der Waals surface area contributed by atoms with Crippen LogP contribution in [-0.2, 0) is 0 Å². The molecule has 44 heavy (non-hydrogen) atoms. The molecule has 0 amide bonds. The van der Waals surface area contributed by atoms with E-state index in [0.717, 1.165) is 33.4 Å². The van der Waals surface area contributed by atoms with Gasteiger partial charge in [0.1, 0.15) is 23.0 Å². The highest BCUT2D eigenvalue weighted by Gasteiger charge is 2.12. The SMILES string of the molecule is O=C(Oc1ccc(-c2ccc(C(=O)Oc3ccc(-c4ccc(O)cc4)cc3)cc2)cc1)c1ccc(-c2ccc(O)cc2)cc1. The summed E-state index contributed by atoms with van der Waals surface area (Å²) in [5, 5.41) is 18.9. The highest BCUT2D eigenvalue weighted by molar-refractivity contribution is 5.92. The van der Waals surface area contributed by atoms with Crippen molar-refractivity contribution in [3.05, 3.63) is 157 Å². The summed E-state index contributed by atoms with van der Waals surface area (Å²) in [4.78, 5) is 25.4. The lowest BCUT2D eigenvalue weighted by atomic mass is 10.0. The minimum absolute atomic E-state index is 0.198. The molecular weight excluding hydrogens is 552 g/mol. The van der Waals surface area contributed by atoms with Crippen LogP contribution in [-0.4, -0.2) is 22.2 Å². The average molecular weight is 579 g/mol. The number of benzene rings is 6.